The summed E-state index contributed by atoms with van der Waals surface area (Å²) in [7, 11) is 0. The molecule has 4 nitrogen and oxygen atoms in total. The van der Waals surface area contributed by atoms with Crippen LogP contribution in [0.15, 0.2) is 52.3 Å². The molecular formula is C22H26F3N3OS. The van der Waals surface area contributed by atoms with E-state index in [2.05, 4.69) is 9.80 Å². The molecule has 0 amide bonds. The zero-order valence-electron chi connectivity index (χ0n) is 16.7. The lowest BCUT2D eigenvalue weighted by Gasteiger charge is -2.36. The molecule has 1 N–H and O–H groups in total. The van der Waals surface area contributed by atoms with Crippen molar-refractivity contribution in [3.05, 3.63) is 48.0 Å². The first-order chi connectivity index (χ1) is 14.5. The molecule has 30 heavy (non-hydrogen) atoms. The topological polar surface area (TPSA) is 30.0 Å². The van der Waals surface area contributed by atoms with Crippen LogP contribution in [-0.2, 0) is 6.42 Å². The van der Waals surface area contributed by atoms with Gasteiger partial charge >= 0.3 is 6.30 Å². The van der Waals surface area contributed by atoms with Gasteiger partial charge in [0.15, 0.2) is 0 Å². The first kappa shape index (κ1) is 21.5. The van der Waals surface area contributed by atoms with Crippen LogP contribution in [0.2, 0.25) is 0 Å². The summed E-state index contributed by atoms with van der Waals surface area (Å²) < 4.78 is 42.2. The van der Waals surface area contributed by atoms with E-state index in [9.17, 15) is 13.2 Å². The van der Waals surface area contributed by atoms with Crippen LogP contribution in [0, 0.1) is 0 Å². The molecule has 8 heteroatoms. The molecule has 2 heterocycles. The van der Waals surface area contributed by atoms with Gasteiger partial charge in [-0.05, 0) is 43.1 Å². The summed E-state index contributed by atoms with van der Waals surface area (Å²) >= 11 is 1.40. The van der Waals surface area contributed by atoms with Crippen LogP contribution in [0.4, 0.5) is 24.5 Å². The van der Waals surface area contributed by atoms with Crippen LogP contribution >= 0.6 is 11.8 Å². The Balaban J connectivity index is 1.48. The molecule has 0 aliphatic carbocycles. The van der Waals surface area contributed by atoms with E-state index in [1.54, 1.807) is 30.3 Å². The third kappa shape index (κ3) is 4.61. The van der Waals surface area contributed by atoms with Gasteiger partial charge in [0, 0.05) is 42.5 Å². The van der Waals surface area contributed by atoms with E-state index in [0.717, 1.165) is 44.7 Å². The molecule has 2 aromatic carbocycles. The molecule has 0 atom stereocenters. The minimum Gasteiger partial charge on any atom is -0.395 e. The number of fused-ring (bicyclic) bond motifs is 2. The number of alkyl halides is 3. The number of hydrogen-bond acceptors (Lipinski definition) is 5. The highest BCUT2D eigenvalue weighted by molar-refractivity contribution is 7.99. The molecule has 1 fully saturated rings. The maximum atomic E-state index is 14.1. The quantitative estimate of drug-likeness (QED) is 0.679. The van der Waals surface area contributed by atoms with E-state index in [4.69, 9.17) is 5.11 Å². The molecule has 2 aliphatic heterocycles. The zero-order chi connectivity index (χ0) is 21.1. The van der Waals surface area contributed by atoms with Gasteiger partial charge in [-0.25, -0.2) is 0 Å². The number of β-amino-alcohol motifs (C(OH)–C–C–N with tert-alkyl or cyclic N) is 1. The average Bonchev–Trinajstić information content (AvgIpc) is 2.73. The first-order valence-electron chi connectivity index (χ1n) is 10.3. The lowest BCUT2D eigenvalue weighted by atomic mass is 10.0. The molecule has 0 unspecified atom stereocenters. The number of benzene rings is 2. The molecule has 4 rings (SSSR count). The number of hydrogen-bond donors (Lipinski definition) is 1. The molecule has 0 bridgehead atoms. The molecule has 0 saturated carbocycles. The molecule has 2 aliphatic rings. The van der Waals surface area contributed by atoms with Gasteiger partial charge in [-0.1, -0.05) is 36.0 Å². The highest BCUT2D eigenvalue weighted by atomic mass is 32.2. The smallest absolute Gasteiger partial charge is 0.395 e. The van der Waals surface area contributed by atoms with Gasteiger partial charge in [0.1, 0.15) is 0 Å². The van der Waals surface area contributed by atoms with Crippen molar-refractivity contribution in [1.82, 2.24) is 9.80 Å². The number of halogens is 3. The van der Waals surface area contributed by atoms with Crippen molar-refractivity contribution in [2.45, 2.75) is 28.9 Å². The molecule has 0 aromatic heterocycles. The number of aliphatic hydroxyl groups excluding tert-OH is 1. The maximum absolute atomic E-state index is 14.1. The normalized spacial score (nSPS) is 17.7. The number of rotatable bonds is 6. The van der Waals surface area contributed by atoms with E-state index in [0.29, 0.717) is 27.7 Å². The summed E-state index contributed by atoms with van der Waals surface area (Å²) in [4.78, 5) is 6.42. The van der Waals surface area contributed by atoms with Gasteiger partial charge in [0.25, 0.3) is 0 Å². The van der Waals surface area contributed by atoms with Gasteiger partial charge in [0.05, 0.1) is 18.0 Å². The Bertz CT molecular complexity index is 869. The fourth-order valence-electron chi connectivity index (χ4n) is 4.21. The molecule has 1 saturated heterocycles. The predicted molar refractivity (Wildman–Crippen MR) is 113 cm³/mol. The van der Waals surface area contributed by atoms with Crippen LogP contribution in [0.5, 0.6) is 0 Å². The van der Waals surface area contributed by atoms with Crippen LogP contribution in [0.3, 0.4) is 0 Å². The first-order valence-corrected chi connectivity index (χ1v) is 11.1. The predicted octanol–water partition coefficient (Wildman–Crippen LogP) is 4.35. The lowest BCUT2D eigenvalue weighted by Crippen LogP contribution is -2.47. The standard InChI is InChI=1S/C22H26F3N3OS/c23-22(24,25)28-18-7-1-2-8-19(18)30-20-9-3-5-17(21(20)28)6-4-10-26-11-13-27(14-12-26)15-16-29/h1-3,5,7-9,29H,4,6,10-16H2. The third-order valence-corrected chi connectivity index (χ3v) is 6.80. The number of anilines is 2. The Hall–Kier alpha value is -1.74. The van der Waals surface area contributed by atoms with E-state index >= 15 is 0 Å². The van der Waals surface area contributed by atoms with E-state index in [1.165, 1.54) is 11.8 Å². The number of aliphatic hydroxyl groups is 1. The van der Waals surface area contributed by atoms with Crippen LogP contribution < -0.4 is 4.90 Å². The highest BCUT2D eigenvalue weighted by Crippen LogP contribution is 2.53. The summed E-state index contributed by atoms with van der Waals surface area (Å²) in [6.45, 7) is 5.47. The van der Waals surface area contributed by atoms with Gasteiger partial charge < -0.3 is 10.0 Å². The van der Waals surface area contributed by atoms with Crippen molar-refractivity contribution >= 4 is 23.1 Å². The SMILES string of the molecule is OCCN1CCN(CCCc2cccc3c2N(C(F)(F)F)c2ccccc2S3)CC1. The average molecular weight is 438 g/mol. The Kier molecular flexibility index (Phi) is 6.57. The largest absolute Gasteiger partial charge is 0.489 e. The van der Waals surface area contributed by atoms with Crippen molar-refractivity contribution < 1.29 is 18.3 Å². The second kappa shape index (κ2) is 9.18. The minimum atomic E-state index is -4.48. The summed E-state index contributed by atoms with van der Waals surface area (Å²) in [5.41, 5.74) is 1.22. The summed E-state index contributed by atoms with van der Waals surface area (Å²) in [6.07, 6.45) is -3.06. The summed E-state index contributed by atoms with van der Waals surface area (Å²) in [5, 5.41) is 9.05. The van der Waals surface area contributed by atoms with Gasteiger partial charge in [-0.2, -0.15) is 0 Å². The van der Waals surface area contributed by atoms with Gasteiger partial charge in [0.2, 0.25) is 0 Å². The summed E-state index contributed by atoms with van der Waals surface area (Å²) in [5.74, 6) is 0. The molecule has 162 valence electrons. The minimum absolute atomic E-state index is 0.177. The van der Waals surface area contributed by atoms with E-state index in [1.807, 2.05) is 12.1 Å². The maximum Gasteiger partial charge on any atom is 0.489 e. The number of para-hydroxylation sites is 2. The Morgan fingerprint density at radius 1 is 0.867 bits per heavy atom. The third-order valence-electron chi connectivity index (χ3n) is 5.69. The van der Waals surface area contributed by atoms with E-state index in [-0.39, 0.29) is 18.0 Å². The van der Waals surface area contributed by atoms with Crippen molar-refractivity contribution in [3.8, 4) is 0 Å². The van der Waals surface area contributed by atoms with Crippen molar-refractivity contribution in [1.29, 1.82) is 0 Å². The monoisotopic (exact) mass is 437 g/mol. The highest BCUT2D eigenvalue weighted by Gasteiger charge is 2.43. The second-order valence-corrected chi connectivity index (χ2v) is 8.73. The lowest BCUT2D eigenvalue weighted by molar-refractivity contribution is -0.121. The molecule has 0 radical (unpaired) electrons. The Morgan fingerprint density at radius 2 is 1.53 bits per heavy atom. The number of nitrogens with zero attached hydrogens (tertiary/aromatic N) is 3. The van der Waals surface area contributed by atoms with Crippen LogP contribution in [0.1, 0.15) is 12.0 Å². The summed E-state index contributed by atoms with van der Waals surface area (Å²) in [6, 6.07) is 12.2. The molecule has 2 aromatic rings. The molecule has 0 spiro atoms. The fraction of sp³-hybridized carbons (Fsp3) is 0.455. The Labute approximate surface area is 179 Å². The number of aryl methyl sites for hydroxylation is 1. The zero-order valence-corrected chi connectivity index (χ0v) is 17.6. The van der Waals surface area contributed by atoms with Gasteiger partial charge in [-0.15, -0.1) is 13.2 Å². The Morgan fingerprint density at radius 3 is 2.23 bits per heavy atom. The molecular weight excluding hydrogens is 411 g/mol. The number of piperazine rings is 1. The van der Waals surface area contributed by atoms with Crippen molar-refractivity contribution in [3.63, 3.8) is 0 Å². The van der Waals surface area contributed by atoms with E-state index < -0.39 is 6.30 Å². The second-order valence-electron chi connectivity index (χ2n) is 7.65. The van der Waals surface area contributed by atoms with Crippen LogP contribution in [0.25, 0.3) is 0 Å². The van der Waals surface area contributed by atoms with Gasteiger partial charge in [-0.3, -0.25) is 9.80 Å². The van der Waals surface area contributed by atoms with Crippen LogP contribution in [-0.4, -0.2) is 67.1 Å². The van der Waals surface area contributed by atoms with Crippen molar-refractivity contribution in [2.24, 2.45) is 0 Å². The van der Waals surface area contributed by atoms with Crippen molar-refractivity contribution in [2.75, 3.05) is 50.8 Å². The fourth-order valence-corrected chi connectivity index (χ4v) is 5.32.